The molecular weight excluding hydrogens is 215 g/mol. The molecule has 0 atom stereocenters. The third kappa shape index (κ3) is 13.6. The number of aliphatic hydroxyl groups is 1. The van der Waals surface area contributed by atoms with E-state index in [9.17, 15) is 13.2 Å². The Morgan fingerprint density at radius 1 is 1.07 bits per heavy atom. The molecule has 0 amide bonds. The van der Waals surface area contributed by atoms with Crippen LogP contribution in [0.3, 0.4) is 0 Å². The second-order valence-electron chi connectivity index (χ2n) is 2.73. The molecule has 0 rings (SSSR count). The number of ether oxygens (including phenoxy) is 2. The lowest BCUT2D eigenvalue weighted by atomic mass is 10.4. The number of nitrogens with one attached hydrogen (secondary N) is 1. The van der Waals surface area contributed by atoms with Crippen LogP contribution < -0.4 is 5.32 Å². The molecule has 0 aliphatic rings. The molecule has 0 heterocycles. The van der Waals surface area contributed by atoms with Gasteiger partial charge >= 0.3 is 6.36 Å². The van der Waals surface area contributed by atoms with Gasteiger partial charge in [-0.1, -0.05) is 0 Å². The largest absolute Gasteiger partial charge is 0.522 e. The van der Waals surface area contributed by atoms with E-state index in [4.69, 9.17) is 9.84 Å². The van der Waals surface area contributed by atoms with Crippen molar-refractivity contribution in [2.24, 2.45) is 0 Å². The standard InChI is InChI=1S/C8H16F3NO3/c9-8(10,11)15-6-3-12-2-1-5-14-7-4-13/h12-13H,1-7H2. The van der Waals surface area contributed by atoms with Gasteiger partial charge in [0.2, 0.25) is 0 Å². The van der Waals surface area contributed by atoms with E-state index in [0.29, 0.717) is 19.6 Å². The Balaban J connectivity index is 2.99. The van der Waals surface area contributed by atoms with Gasteiger partial charge in [0.05, 0.1) is 19.8 Å². The van der Waals surface area contributed by atoms with E-state index in [2.05, 4.69) is 10.1 Å². The molecule has 0 aromatic rings. The lowest BCUT2D eigenvalue weighted by Crippen LogP contribution is -2.25. The fraction of sp³-hybridized carbons (Fsp3) is 1.00. The minimum absolute atomic E-state index is 0.0210. The molecule has 2 N–H and O–H groups in total. The molecule has 0 radical (unpaired) electrons. The maximum Gasteiger partial charge on any atom is 0.522 e. The number of alkyl halides is 3. The van der Waals surface area contributed by atoms with Crippen molar-refractivity contribution < 1.29 is 27.8 Å². The number of hydrogen-bond donors (Lipinski definition) is 2. The zero-order chi connectivity index (χ0) is 11.6. The lowest BCUT2D eigenvalue weighted by Gasteiger charge is -2.08. The summed E-state index contributed by atoms with van der Waals surface area (Å²) in [6.45, 7) is 1.07. The predicted octanol–water partition coefficient (Wildman–Crippen LogP) is 0.511. The predicted molar refractivity (Wildman–Crippen MR) is 47.4 cm³/mol. The second-order valence-corrected chi connectivity index (χ2v) is 2.73. The van der Waals surface area contributed by atoms with Gasteiger partial charge in [-0.05, 0) is 13.0 Å². The first-order chi connectivity index (χ1) is 7.06. The molecule has 15 heavy (non-hydrogen) atoms. The average Bonchev–Trinajstić information content (AvgIpc) is 2.14. The molecule has 0 fully saturated rings. The van der Waals surface area contributed by atoms with Crippen molar-refractivity contribution in [1.29, 1.82) is 0 Å². The van der Waals surface area contributed by atoms with Gasteiger partial charge in [0.25, 0.3) is 0 Å². The zero-order valence-electron chi connectivity index (χ0n) is 8.35. The summed E-state index contributed by atoms with van der Waals surface area (Å²) >= 11 is 0. The summed E-state index contributed by atoms with van der Waals surface area (Å²) in [6.07, 6.45) is -3.86. The highest BCUT2D eigenvalue weighted by Gasteiger charge is 2.28. The topological polar surface area (TPSA) is 50.7 Å². The van der Waals surface area contributed by atoms with Gasteiger partial charge in [0, 0.05) is 13.2 Å². The second kappa shape index (κ2) is 8.90. The van der Waals surface area contributed by atoms with Crippen molar-refractivity contribution in [3.63, 3.8) is 0 Å². The summed E-state index contributed by atoms with van der Waals surface area (Å²) in [5.74, 6) is 0. The Morgan fingerprint density at radius 3 is 2.40 bits per heavy atom. The monoisotopic (exact) mass is 231 g/mol. The van der Waals surface area contributed by atoms with E-state index in [1.807, 2.05) is 0 Å². The molecule has 0 aromatic carbocycles. The van der Waals surface area contributed by atoms with Crippen LogP contribution in [0.5, 0.6) is 0 Å². The number of aliphatic hydroxyl groups excluding tert-OH is 1. The van der Waals surface area contributed by atoms with E-state index in [0.717, 1.165) is 0 Å². The highest BCUT2D eigenvalue weighted by Crippen LogP contribution is 2.14. The van der Waals surface area contributed by atoms with Gasteiger partial charge in [-0.15, -0.1) is 13.2 Å². The van der Waals surface area contributed by atoms with Crippen LogP contribution in [0.25, 0.3) is 0 Å². The van der Waals surface area contributed by atoms with E-state index in [1.54, 1.807) is 0 Å². The average molecular weight is 231 g/mol. The minimum atomic E-state index is -4.55. The molecule has 92 valence electrons. The lowest BCUT2D eigenvalue weighted by molar-refractivity contribution is -0.323. The van der Waals surface area contributed by atoms with Gasteiger partial charge in [-0.25, -0.2) is 0 Å². The molecule has 4 nitrogen and oxygen atoms in total. The molecule has 0 bridgehead atoms. The number of halogens is 3. The van der Waals surface area contributed by atoms with Gasteiger partial charge in [-0.2, -0.15) is 0 Å². The fourth-order valence-electron chi connectivity index (χ4n) is 0.830. The molecule has 0 aromatic heterocycles. The molecule has 0 saturated heterocycles. The summed E-state index contributed by atoms with van der Waals surface area (Å²) in [5, 5.41) is 11.1. The van der Waals surface area contributed by atoms with Crippen molar-refractivity contribution in [3.05, 3.63) is 0 Å². The molecule has 0 saturated carbocycles. The Kier molecular flexibility index (Phi) is 8.68. The first-order valence-electron chi connectivity index (χ1n) is 4.66. The highest BCUT2D eigenvalue weighted by molar-refractivity contribution is 4.46. The number of hydrogen-bond acceptors (Lipinski definition) is 4. The van der Waals surface area contributed by atoms with Crippen LogP contribution >= 0.6 is 0 Å². The highest BCUT2D eigenvalue weighted by atomic mass is 19.4. The first-order valence-corrected chi connectivity index (χ1v) is 4.66. The quantitative estimate of drug-likeness (QED) is 0.568. The summed E-state index contributed by atoms with van der Waals surface area (Å²) in [5.41, 5.74) is 0. The van der Waals surface area contributed by atoms with E-state index >= 15 is 0 Å². The molecule has 0 aliphatic heterocycles. The van der Waals surface area contributed by atoms with Crippen molar-refractivity contribution in [1.82, 2.24) is 5.32 Å². The summed E-state index contributed by atoms with van der Waals surface area (Å²) in [7, 11) is 0. The Morgan fingerprint density at radius 2 is 1.80 bits per heavy atom. The third-order valence-electron chi connectivity index (χ3n) is 1.42. The van der Waals surface area contributed by atoms with Crippen molar-refractivity contribution in [2.45, 2.75) is 12.8 Å². The summed E-state index contributed by atoms with van der Waals surface area (Å²) in [6, 6.07) is 0. The molecular formula is C8H16F3NO3. The van der Waals surface area contributed by atoms with Crippen LogP contribution in [-0.2, 0) is 9.47 Å². The Labute approximate surface area is 86.4 Å². The van der Waals surface area contributed by atoms with Crippen LogP contribution in [-0.4, -0.2) is 51.0 Å². The number of rotatable bonds is 9. The fourth-order valence-corrected chi connectivity index (χ4v) is 0.830. The molecule has 0 unspecified atom stereocenters. The SMILES string of the molecule is OCCOCCCNCCOC(F)(F)F. The smallest absolute Gasteiger partial charge is 0.394 e. The molecule has 0 spiro atoms. The van der Waals surface area contributed by atoms with Crippen LogP contribution in [0, 0.1) is 0 Å². The minimum Gasteiger partial charge on any atom is -0.394 e. The van der Waals surface area contributed by atoms with Crippen LogP contribution in [0.4, 0.5) is 13.2 Å². The van der Waals surface area contributed by atoms with Crippen LogP contribution in [0.15, 0.2) is 0 Å². The zero-order valence-corrected chi connectivity index (χ0v) is 8.35. The molecule has 7 heteroatoms. The van der Waals surface area contributed by atoms with E-state index < -0.39 is 6.36 Å². The van der Waals surface area contributed by atoms with Gasteiger partial charge < -0.3 is 15.2 Å². The summed E-state index contributed by atoms with van der Waals surface area (Å²) in [4.78, 5) is 0. The van der Waals surface area contributed by atoms with Gasteiger partial charge in [0.1, 0.15) is 0 Å². The Bertz CT molecular complexity index is 144. The third-order valence-corrected chi connectivity index (χ3v) is 1.42. The molecule has 0 aliphatic carbocycles. The van der Waals surface area contributed by atoms with E-state index in [-0.39, 0.29) is 26.4 Å². The van der Waals surface area contributed by atoms with Crippen LogP contribution in [0.1, 0.15) is 6.42 Å². The van der Waals surface area contributed by atoms with E-state index in [1.165, 1.54) is 0 Å². The first kappa shape index (κ1) is 14.6. The van der Waals surface area contributed by atoms with Crippen LogP contribution in [0.2, 0.25) is 0 Å². The van der Waals surface area contributed by atoms with Gasteiger partial charge in [0.15, 0.2) is 0 Å². The Hall–Kier alpha value is -0.370. The van der Waals surface area contributed by atoms with Crippen molar-refractivity contribution in [2.75, 3.05) is 39.5 Å². The normalized spacial score (nSPS) is 12.0. The van der Waals surface area contributed by atoms with Gasteiger partial charge in [-0.3, -0.25) is 4.74 Å². The maximum atomic E-state index is 11.5. The maximum absolute atomic E-state index is 11.5. The van der Waals surface area contributed by atoms with Crippen molar-refractivity contribution in [3.8, 4) is 0 Å². The summed E-state index contributed by atoms with van der Waals surface area (Å²) < 4.78 is 42.9. The van der Waals surface area contributed by atoms with Crippen molar-refractivity contribution >= 4 is 0 Å².